The van der Waals surface area contributed by atoms with Crippen LogP contribution in [0.1, 0.15) is 23.7 Å². The van der Waals surface area contributed by atoms with Crippen LogP contribution in [0.15, 0.2) is 36.4 Å². The number of anilines is 1. The highest BCUT2D eigenvalue weighted by Gasteiger charge is 2.08. The van der Waals surface area contributed by atoms with E-state index in [-0.39, 0.29) is 11.9 Å². The summed E-state index contributed by atoms with van der Waals surface area (Å²) >= 11 is 4.37. The molecule has 2 aromatic rings. The molecule has 6 heteroatoms. The quantitative estimate of drug-likeness (QED) is 0.603. The second-order valence-corrected chi connectivity index (χ2v) is 6.13. The number of benzene rings is 1. The number of pyridine rings is 1. The molecule has 132 valence electrons. The highest BCUT2D eigenvalue weighted by Crippen LogP contribution is 2.14. The molecule has 0 radical (unpaired) electrons. The van der Waals surface area contributed by atoms with E-state index >= 15 is 0 Å². The summed E-state index contributed by atoms with van der Waals surface area (Å²) < 4.78 is 14.0. The molecule has 2 rings (SSSR count). The Balaban J connectivity index is 1.98. The Morgan fingerprint density at radius 2 is 2.12 bits per heavy atom. The highest BCUT2D eigenvalue weighted by molar-refractivity contribution is 7.80. The van der Waals surface area contributed by atoms with Crippen molar-refractivity contribution in [2.75, 3.05) is 24.2 Å². The van der Waals surface area contributed by atoms with Gasteiger partial charge in [0.1, 0.15) is 11.6 Å². The molecule has 25 heavy (non-hydrogen) atoms. The lowest BCUT2D eigenvalue weighted by molar-refractivity contribution is 0.607. The first-order valence-corrected chi connectivity index (χ1v) is 9.02. The standard InChI is InChI=1S/C19H23FN4S/c1-2-22-12-17(13-25)24-19-5-3-4-16(23-19)9-8-15-7-6-14(11-21)10-18(15)20/h3-7,10,17,22,25H,2,8-9,12-13H2,1H3,(H,23,24)/t17-/m0/s1. The van der Waals surface area contributed by atoms with E-state index in [0.717, 1.165) is 24.6 Å². The van der Waals surface area contributed by atoms with Crippen molar-refractivity contribution in [3.8, 4) is 6.07 Å². The Labute approximate surface area is 153 Å². The molecule has 0 saturated carbocycles. The Morgan fingerprint density at radius 1 is 1.28 bits per heavy atom. The number of nitriles is 1. The SMILES string of the molecule is CCNC[C@@H](CS)Nc1cccc(CCc2ccc(C#N)cc2F)n1. The average Bonchev–Trinajstić information content (AvgIpc) is 2.64. The van der Waals surface area contributed by atoms with Crippen LogP contribution >= 0.6 is 12.6 Å². The van der Waals surface area contributed by atoms with Gasteiger partial charge in [-0.1, -0.05) is 19.1 Å². The van der Waals surface area contributed by atoms with Gasteiger partial charge in [-0.3, -0.25) is 0 Å². The largest absolute Gasteiger partial charge is 0.365 e. The molecule has 2 N–H and O–H groups in total. The molecule has 0 spiro atoms. The van der Waals surface area contributed by atoms with Crippen LogP contribution in [-0.4, -0.2) is 29.9 Å². The lowest BCUT2D eigenvalue weighted by Crippen LogP contribution is -2.34. The monoisotopic (exact) mass is 358 g/mol. The van der Waals surface area contributed by atoms with Crippen molar-refractivity contribution < 1.29 is 4.39 Å². The second kappa shape index (κ2) is 10.0. The van der Waals surface area contributed by atoms with E-state index in [0.29, 0.717) is 29.7 Å². The van der Waals surface area contributed by atoms with Gasteiger partial charge < -0.3 is 10.6 Å². The molecule has 0 bridgehead atoms. The van der Waals surface area contributed by atoms with Crippen molar-refractivity contribution in [3.63, 3.8) is 0 Å². The van der Waals surface area contributed by atoms with Crippen LogP contribution < -0.4 is 10.6 Å². The van der Waals surface area contributed by atoms with Crippen molar-refractivity contribution in [2.24, 2.45) is 0 Å². The van der Waals surface area contributed by atoms with Gasteiger partial charge in [0.2, 0.25) is 0 Å². The molecule has 0 unspecified atom stereocenters. The molecule has 4 nitrogen and oxygen atoms in total. The van der Waals surface area contributed by atoms with Crippen molar-refractivity contribution >= 4 is 18.4 Å². The number of aryl methyl sites for hydroxylation is 2. The maximum atomic E-state index is 14.0. The summed E-state index contributed by atoms with van der Waals surface area (Å²) in [5, 5.41) is 15.5. The van der Waals surface area contributed by atoms with Gasteiger partial charge in [-0.15, -0.1) is 0 Å². The van der Waals surface area contributed by atoms with Gasteiger partial charge in [-0.25, -0.2) is 9.37 Å². The lowest BCUT2D eigenvalue weighted by atomic mass is 10.1. The zero-order chi connectivity index (χ0) is 18.1. The van der Waals surface area contributed by atoms with E-state index in [1.54, 1.807) is 12.1 Å². The van der Waals surface area contributed by atoms with Gasteiger partial charge in [0.25, 0.3) is 0 Å². The van der Waals surface area contributed by atoms with Gasteiger partial charge in [-0.05, 0) is 49.2 Å². The fraction of sp³-hybridized carbons (Fsp3) is 0.368. The van der Waals surface area contributed by atoms with E-state index in [2.05, 4.69) is 35.2 Å². The minimum absolute atomic E-state index is 0.196. The molecule has 0 aliphatic carbocycles. The predicted molar refractivity (Wildman–Crippen MR) is 103 cm³/mol. The zero-order valence-corrected chi connectivity index (χ0v) is 15.2. The summed E-state index contributed by atoms with van der Waals surface area (Å²) in [7, 11) is 0. The van der Waals surface area contributed by atoms with Crippen LogP contribution in [0.25, 0.3) is 0 Å². The molecule has 1 aromatic carbocycles. The number of aromatic nitrogens is 1. The average molecular weight is 358 g/mol. The van der Waals surface area contributed by atoms with Crippen LogP contribution in [0.2, 0.25) is 0 Å². The first-order chi connectivity index (χ1) is 12.2. The molecule has 0 saturated heterocycles. The van der Waals surface area contributed by atoms with E-state index < -0.39 is 0 Å². The van der Waals surface area contributed by atoms with Crippen LogP contribution in [0.4, 0.5) is 10.2 Å². The fourth-order valence-electron chi connectivity index (χ4n) is 2.47. The molecule has 0 fully saturated rings. The highest BCUT2D eigenvalue weighted by atomic mass is 32.1. The Kier molecular flexibility index (Phi) is 7.71. The number of rotatable bonds is 9. The Bertz CT molecular complexity index is 730. The summed E-state index contributed by atoms with van der Waals surface area (Å²) in [6.07, 6.45) is 1.18. The van der Waals surface area contributed by atoms with Crippen molar-refractivity contribution in [1.82, 2.24) is 10.3 Å². The number of nitrogens with zero attached hydrogens (tertiary/aromatic N) is 2. The van der Waals surface area contributed by atoms with Gasteiger partial charge in [0.15, 0.2) is 0 Å². The third-order valence-corrected chi connectivity index (χ3v) is 4.29. The maximum absolute atomic E-state index is 14.0. The predicted octanol–water partition coefficient (Wildman–Crippen LogP) is 3.20. The molecule has 1 heterocycles. The number of nitrogens with one attached hydrogen (secondary N) is 2. The molecule has 0 aliphatic heterocycles. The van der Waals surface area contributed by atoms with Gasteiger partial charge in [-0.2, -0.15) is 17.9 Å². The van der Waals surface area contributed by atoms with Gasteiger partial charge >= 0.3 is 0 Å². The zero-order valence-electron chi connectivity index (χ0n) is 14.3. The summed E-state index contributed by atoms with van der Waals surface area (Å²) in [6, 6.07) is 12.5. The molecule has 1 aromatic heterocycles. The minimum atomic E-state index is -0.339. The van der Waals surface area contributed by atoms with E-state index in [1.807, 2.05) is 24.3 Å². The molecule has 1 atom stereocenters. The lowest BCUT2D eigenvalue weighted by Gasteiger charge is -2.17. The summed E-state index contributed by atoms with van der Waals surface area (Å²) in [5.41, 5.74) is 1.83. The van der Waals surface area contributed by atoms with Crippen molar-refractivity contribution in [1.29, 1.82) is 5.26 Å². The first kappa shape index (κ1) is 19.2. The van der Waals surface area contributed by atoms with E-state index in [1.165, 1.54) is 6.07 Å². The second-order valence-electron chi connectivity index (χ2n) is 5.76. The molecule has 0 amide bonds. The van der Waals surface area contributed by atoms with Crippen LogP contribution in [0, 0.1) is 17.1 Å². The normalized spacial score (nSPS) is 11.8. The third-order valence-electron chi connectivity index (χ3n) is 3.85. The molecular formula is C19H23FN4S. The van der Waals surface area contributed by atoms with Gasteiger partial charge in [0, 0.05) is 24.0 Å². The number of hydrogen-bond acceptors (Lipinski definition) is 5. The molecule has 0 aliphatic rings. The summed E-state index contributed by atoms with van der Waals surface area (Å²) in [5.74, 6) is 1.17. The van der Waals surface area contributed by atoms with Gasteiger partial charge in [0.05, 0.1) is 11.6 Å². The first-order valence-electron chi connectivity index (χ1n) is 8.38. The number of likely N-dealkylation sites (N-methyl/N-ethyl adjacent to an activating group) is 1. The summed E-state index contributed by atoms with van der Waals surface area (Å²) in [6.45, 7) is 3.80. The topological polar surface area (TPSA) is 60.7 Å². The van der Waals surface area contributed by atoms with E-state index in [9.17, 15) is 4.39 Å². The summed E-state index contributed by atoms with van der Waals surface area (Å²) in [4.78, 5) is 4.60. The molecular weight excluding hydrogens is 335 g/mol. The fourth-order valence-corrected chi connectivity index (χ4v) is 2.69. The van der Waals surface area contributed by atoms with Crippen LogP contribution in [0.5, 0.6) is 0 Å². The minimum Gasteiger partial charge on any atom is -0.365 e. The number of hydrogen-bond donors (Lipinski definition) is 3. The number of thiol groups is 1. The van der Waals surface area contributed by atoms with Crippen LogP contribution in [-0.2, 0) is 12.8 Å². The smallest absolute Gasteiger partial charge is 0.127 e. The van der Waals surface area contributed by atoms with E-state index in [4.69, 9.17) is 5.26 Å². The third kappa shape index (κ3) is 6.04. The maximum Gasteiger partial charge on any atom is 0.127 e. The van der Waals surface area contributed by atoms with Crippen molar-refractivity contribution in [3.05, 3.63) is 59.0 Å². The Hall–Kier alpha value is -2.10. The Morgan fingerprint density at radius 3 is 2.80 bits per heavy atom. The van der Waals surface area contributed by atoms with Crippen LogP contribution in [0.3, 0.4) is 0 Å². The number of halogens is 1. The van der Waals surface area contributed by atoms with Crippen molar-refractivity contribution in [2.45, 2.75) is 25.8 Å².